The highest BCUT2D eigenvalue weighted by atomic mass is 19.1. The Morgan fingerprint density at radius 2 is 1.81 bits per heavy atom. The molecule has 1 saturated heterocycles. The van der Waals surface area contributed by atoms with E-state index in [0.29, 0.717) is 62.0 Å². The molecule has 3 heterocycles. The maximum Gasteiger partial charge on any atom is 0.225 e. The fraction of sp³-hybridized carbons (Fsp3) is 0.478. The molecule has 1 amide bonds. The molecule has 0 bridgehead atoms. The van der Waals surface area contributed by atoms with E-state index in [1.165, 1.54) is 6.20 Å². The molecule has 36 heavy (non-hydrogen) atoms. The number of rotatable bonds is 6. The Morgan fingerprint density at radius 3 is 2.47 bits per heavy atom. The number of hydrogen-bond donors (Lipinski definition) is 3. The van der Waals surface area contributed by atoms with Crippen LogP contribution in [0.2, 0.25) is 0 Å². The van der Waals surface area contributed by atoms with Crippen molar-refractivity contribution >= 4 is 34.7 Å². The zero-order valence-corrected chi connectivity index (χ0v) is 19.2. The molecule has 0 unspecified atom stereocenters. The first kappa shape index (κ1) is 24.2. The second-order valence-electron chi connectivity index (χ2n) is 9.12. The van der Waals surface area contributed by atoms with Gasteiger partial charge in [0, 0.05) is 30.7 Å². The van der Waals surface area contributed by atoms with Crippen LogP contribution >= 0.6 is 0 Å². The maximum atomic E-state index is 14.4. The molecule has 4 N–H and O–H groups in total. The number of halogens is 4. The Labute approximate surface area is 203 Å². The van der Waals surface area contributed by atoms with E-state index in [9.17, 15) is 22.4 Å². The molecule has 2 aliphatic rings. The predicted octanol–water partition coefficient (Wildman–Crippen LogP) is 3.74. The van der Waals surface area contributed by atoms with Gasteiger partial charge in [0.05, 0.1) is 18.8 Å². The van der Waals surface area contributed by atoms with E-state index >= 15 is 0 Å². The second kappa shape index (κ2) is 9.88. The molecule has 5 rings (SSSR count). The lowest BCUT2D eigenvalue weighted by Crippen LogP contribution is -2.39. The SMILES string of the molecule is NC(=O)C1CCC(n2c(Nc3c(F)cc(F)cc3F)nc3cnc(N[C@H]4CCOC[C@@H]4F)nc32)CC1. The standard InChI is InChI=1S/C23H25F4N7O2/c24-12-7-14(25)19(15(26)8-12)32-23-31-18-9-29-22(30-17-5-6-36-10-16(17)27)33-21(18)34(23)13-3-1-11(2-4-13)20(28)35/h7-9,11,13,16-17H,1-6,10H2,(H2,28,35)(H,31,32)(H,29,30,33)/t11?,13?,16-,17-/m0/s1. The van der Waals surface area contributed by atoms with Crippen LogP contribution in [0.25, 0.3) is 11.2 Å². The van der Waals surface area contributed by atoms with Gasteiger partial charge in [0.15, 0.2) is 17.3 Å². The summed E-state index contributed by atoms with van der Waals surface area (Å²) in [6.45, 7) is 0.383. The average Bonchev–Trinajstić information content (AvgIpc) is 3.20. The number of primary amides is 1. The van der Waals surface area contributed by atoms with E-state index in [1.807, 2.05) is 0 Å². The van der Waals surface area contributed by atoms with Crippen LogP contribution in [0, 0.1) is 23.4 Å². The maximum absolute atomic E-state index is 14.4. The Hall–Kier alpha value is -3.48. The van der Waals surface area contributed by atoms with E-state index in [2.05, 4.69) is 25.6 Å². The fourth-order valence-electron chi connectivity index (χ4n) is 4.82. The number of nitrogens with zero attached hydrogens (tertiary/aromatic N) is 4. The number of carbonyl (C=O) groups excluding carboxylic acids is 1. The minimum Gasteiger partial charge on any atom is -0.378 e. The molecule has 2 aromatic heterocycles. The molecule has 2 atom stereocenters. The van der Waals surface area contributed by atoms with E-state index in [4.69, 9.17) is 10.5 Å². The first-order chi connectivity index (χ1) is 17.3. The lowest BCUT2D eigenvalue weighted by atomic mass is 9.85. The fourth-order valence-corrected chi connectivity index (χ4v) is 4.82. The summed E-state index contributed by atoms with van der Waals surface area (Å²) in [5, 5.41) is 5.64. The third-order valence-electron chi connectivity index (χ3n) is 6.74. The number of aromatic nitrogens is 4. The Kier molecular flexibility index (Phi) is 6.65. The van der Waals surface area contributed by atoms with Gasteiger partial charge in [-0.15, -0.1) is 0 Å². The molecule has 192 valence electrons. The predicted molar refractivity (Wildman–Crippen MR) is 123 cm³/mol. The molecule has 2 fully saturated rings. The van der Waals surface area contributed by atoms with Crippen molar-refractivity contribution in [1.29, 1.82) is 0 Å². The van der Waals surface area contributed by atoms with Crippen molar-refractivity contribution in [2.24, 2.45) is 11.7 Å². The molecule has 3 aromatic rings. The minimum absolute atomic E-state index is 0.0240. The van der Waals surface area contributed by atoms with Crippen LogP contribution in [0.3, 0.4) is 0 Å². The van der Waals surface area contributed by atoms with Crippen molar-refractivity contribution in [3.63, 3.8) is 0 Å². The highest BCUT2D eigenvalue weighted by molar-refractivity contribution is 5.78. The van der Waals surface area contributed by atoms with Gasteiger partial charge in [-0.3, -0.25) is 9.36 Å². The molecule has 13 heteroatoms. The second-order valence-corrected chi connectivity index (χ2v) is 9.12. The van der Waals surface area contributed by atoms with Crippen molar-refractivity contribution in [2.45, 2.75) is 50.4 Å². The summed E-state index contributed by atoms with van der Waals surface area (Å²) in [6, 6.07) is 0.386. The summed E-state index contributed by atoms with van der Waals surface area (Å²) in [5.74, 6) is -3.66. The third kappa shape index (κ3) is 4.79. The molecular weight excluding hydrogens is 482 g/mol. The number of anilines is 3. The monoisotopic (exact) mass is 507 g/mol. The number of carbonyl (C=O) groups is 1. The smallest absolute Gasteiger partial charge is 0.225 e. The Bertz CT molecular complexity index is 1260. The molecule has 1 saturated carbocycles. The van der Waals surface area contributed by atoms with Gasteiger partial charge in [0.25, 0.3) is 0 Å². The van der Waals surface area contributed by atoms with Gasteiger partial charge in [-0.25, -0.2) is 27.5 Å². The van der Waals surface area contributed by atoms with E-state index < -0.39 is 35.4 Å². The molecule has 1 aliphatic carbocycles. The summed E-state index contributed by atoms with van der Waals surface area (Å²) in [5.41, 5.74) is 5.61. The first-order valence-electron chi connectivity index (χ1n) is 11.7. The number of hydrogen-bond acceptors (Lipinski definition) is 7. The van der Waals surface area contributed by atoms with Gasteiger partial charge in [-0.2, -0.15) is 4.98 Å². The van der Waals surface area contributed by atoms with Crippen molar-refractivity contribution in [1.82, 2.24) is 19.5 Å². The number of imidazole rings is 1. The third-order valence-corrected chi connectivity index (χ3v) is 6.74. The number of nitrogens with two attached hydrogens (primary N) is 1. The van der Waals surface area contributed by atoms with E-state index in [-0.39, 0.29) is 36.4 Å². The lowest BCUT2D eigenvalue weighted by Gasteiger charge is -2.29. The zero-order chi connectivity index (χ0) is 25.4. The van der Waals surface area contributed by atoms with Crippen molar-refractivity contribution < 1.29 is 27.1 Å². The van der Waals surface area contributed by atoms with Gasteiger partial charge in [-0.05, 0) is 32.1 Å². The number of benzene rings is 1. The topological polar surface area (TPSA) is 120 Å². The van der Waals surface area contributed by atoms with Crippen LogP contribution in [-0.2, 0) is 9.53 Å². The van der Waals surface area contributed by atoms with Crippen LogP contribution in [0.4, 0.5) is 35.1 Å². The van der Waals surface area contributed by atoms with Gasteiger partial charge in [-0.1, -0.05) is 0 Å². The summed E-state index contributed by atoms with van der Waals surface area (Å²) < 4.78 is 63.3. The zero-order valence-electron chi connectivity index (χ0n) is 19.2. The average molecular weight is 507 g/mol. The van der Waals surface area contributed by atoms with Crippen LogP contribution in [0.1, 0.15) is 38.1 Å². The van der Waals surface area contributed by atoms with Gasteiger partial charge < -0.3 is 21.1 Å². The number of amides is 1. The summed E-state index contributed by atoms with van der Waals surface area (Å²) >= 11 is 0. The summed E-state index contributed by atoms with van der Waals surface area (Å²) in [7, 11) is 0. The Balaban J connectivity index is 1.53. The van der Waals surface area contributed by atoms with Gasteiger partial charge >= 0.3 is 0 Å². The number of fused-ring (bicyclic) bond motifs is 1. The number of alkyl halides is 1. The largest absolute Gasteiger partial charge is 0.378 e. The van der Waals surface area contributed by atoms with Crippen LogP contribution in [0.15, 0.2) is 18.3 Å². The van der Waals surface area contributed by atoms with Crippen LogP contribution < -0.4 is 16.4 Å². The molecule has 1 aromatic carbocycles. The summed E-state index contributed by atoms with van der Waals surface area (Å²) in [4.78, 5) is 24.8. The van der Waals surface area contributed by atoms with Gasteiger partial charge in [0.1, 0.15) is 23.2 Å². The Morgan fingerprint density at radius 1 is 1.08 bits per heavy atom. The quantitative estimate of drug-likeness (QED) is 0.435. The highest BCUT2D eigenvalue weighted by Crippen LogP contribution is 2.37. The van der Waals surface area contributed by atoms with Crippen molar-refractivity contribution in [3.8, 4) is 0 Å². The van der Waals surface area contributed by atoms with E-state index in [0.717, 1.165) is 0 Å². The molecule has 1 aliphatic heterocycles. The van der Waals surface area contributed by atoms with Gasteiger partial charge in [0.2, 0.25) is 17.8 Å². The van der Waals surface area contributed by atoms with Crippen molar-refractivity contribution in [3.05, 3.63) is 35.8 Å². The molecule has 0 radical (unpaired) electrons. The lowest BCUT2D eigenvalue weighted by molar-refractivity contribution is -0.122. The normalized spacial score (nSPS) is 24.6. The first-order valence-corrected chi connectivity index (χ1v) is 11.7. The molecule has 0 spiro atoms. The molecular formula is C23H25F4N7O2. The van der Waals surface area contributed by atoms with Crippen LogP contribution in [0.5, 0.6) is 0 Å². The van der Waals surface area contributed by atoms with E-state index in [1.54, 1.807) is 4.57 Å². The number of ether oxygens (including phenoxy) is 1. The highest BCUT2D eigenvalue weighted by Gasteiger charge is 2.30. The minimum atomic E-state index is -1.23. The molecule has 9 nitrogen and oxygen atoms in total. The van der Waals surface area contributed by atoms with Crippen LogP contribution in [-0.4, -0.2) is 50.9 Å². The summed E-state index contributed by atoms with van der Waals surface area (Å²) in [6.07, 6.45) is 2.79. The van der Waals surface area contributed by atoms with Crippen molar-refractivity contribution in [2.75, 3.05) is 23.8 Å². The number of nitrogens with one attached hydrogen (secondary N) is 2.